The lowest BCUT2D eigenvalue weighted by molar-refractivity contribution is -0.121. The summed E-state index contributed by atoms with van der Waals surface area (Å²) in [5.41, 5.74) is 0.640. The number of rotatable bonds is 3. The zero-order valence-electron chi connectivity index (χ0n) is 12.6. The number of hydrogen-bond acceptors (Lipinski definition) is 5. The van der Waals surface area contributed by atoms with Gasteiger partial charge in [-0.1, -0.05) is 39.3 Å². The van der Waals surface area contributed by atoms with Gasteiger partial charge in [0.1, 0.15) is 6.61 Å². The van der Waals surface area contributed by atoms with Gasteiger partial charge in [-0.05, 0) is 18.2 Å². The fourth-order valence-corrected chi connectivity index (χ4v) is 7.47. The number of amidine groups is 1. The highest BCUT2D eigenvalue weighted by Crippen LogP contribution is 2.43. The second kappa shape index (κ2) is 6.95. The van der Waals surface area contributed by atoms with Crippen molar-refractivity contribution in [2.24, 2.45) is 4.99 Å². The number of sulfone groups is 1. The van der Waals surface area contributed by atoms with E-state index in [-0.39, 0.29) is 29.4 Å². The molecule has 1 aromatic carbocycles. The number of methoxy groups -OCH3 is 1. The normalized spacial score (nSPS) is 26.8. The van der Waals surface area contributed by atoms with Gasteiger partial charge < -0.3 is 9.64 Å². The molecule has 0 N–H and O–H groups in total. The standard InChI is InChI=1S/C14H14BrClN2O4S2/c1-22-5-13(19)17-14-18(10-3-2-8(15)4-9(10)16)11-6-24(20,21)7-12(11)23-14/h2-4,11-12H,5-7H2,1H3/t11-,12+/m0/s1. The molecule has 0 aromatic heterocycles. The number of ether oxygens (including phenoxy) is 1. The van der Waals surface area contributed by atoms with Crippen LogP contribution in [0.2, 0.25) is 5.02 Å². The molecule has 130 valence electrons. The molecular weight excluding hydrogens is 440 g/mol. The Morgan fingerprint density at radius 1 is 1.50 bits per heavy atom. The van der Waals surface area contributed by atoms with E-state index in [1.165, 1.54) is 18.9 Å². The lowest BCUT2D eigenvalue weighted by Crippen LogP contribution is -2.38. The lowest BCUT2D eigenvalue weighted by atomic mass is 10.2. The van der Waals surface area contributed by atoms with E-state index in [0.717, 1.165) is 4.47 Å². The summed E-state index contributed by atoms with van der Waals surface area (Å²) in [5.74, 6) is -0.319. The first-order chi connectivity index (χ1) is 11.3. The minimum atomic E-state index is -3.11. The zero-order chi connectivity index (χ0) is 17.5. The van der Waals surface area contributed by atoms with E-state index in [2.05, 4.69) is 20.9 Å². The van der Waals surface area contributed by atoms with Gasteiger partial charge >= 0.3 is 0 Å². The van der Waals surface area contributed by atoms with E-state index in [1.54, 1.807) is 17.0 Å². The summed E-state index contributed by atoms with van der Waals surface area (Å²) >= 11 is 11.0. The van der Waals surface area contributed by atoms with Crippen molar-refractivity contribution in [2.45, 2.75) is 11.3 Å². The highest BCUT2D eigenvalue weighted by molar-refractivity contribution is 9.10. The topological polar surface area (TPSA) is 76.0 Å². The number of halogens is 2. The Kier molecular flexibility index (Phi) is 5.27. The Hall–Kier alpha value is -0.610. The molecule has 10 heteroatoms. The van der Waals surface area contributed by atoms with Crippen LogP contribution in [-0.4, -0.2) is 56.0 Å². The number of amides is 1. The summed E-state index contributed by atoms with van der Waals surface area (Å²) in [5, 5.41) is 0.761. The Balaban J connectivity index is 2.03. The van der Waals surface area contributed by atoms with Crippen LogP contribution in [0.4, 0.5) is 5.69 Å². The summed E-state index contributed by atoms with van der Waals surface area (Å²) in [7, 11) is -1.69. The number of carbonyl (C=O) groups excluding carboxylic acids is 1. The molecule has 2 aliphatic rings. The molecule has 2 fully saturated rings. The monoisotopic (exact) mass is 452 g/mol. The maximum atomic E-state index is 12.0. The van der Waals surface area contributed by atoms with Gasteiger partial charge in [0.2, 0.25) is 0 Å². The number of thioether (sulfide) groups is 1. The molecule has 0 aliphatic carbocycles. The molecular formula is C14H14BrClN2O4S2. The Morgan fingerprint density at radius 2 is 2.25 bits per heavy atom. The zero-order valence-corrected chi connectivity index (χ0v) is 16.6. The van der Waals surface area contributed by atoms with Crippen molar-refractivity contribution in [3.63, 3.8) is 0 Å². The van der Waals surface area contributed by atoms with Crippen LogP contribution in [0.15, 0.2) is 27.7 Å². The Bertz CT molecular complexity index is 815. The Morgan fingerprint density at radius 3 is 2.92 bits per heavy atom. The van der Waals surface area contributed by atoms with E-state index in [9.17, 15) is 13.2 Å². The van der Waals surface area contributed by atoms with Crippen LogP contribution >= 0.6 is 39.3 Å². The van der Waals surface area contributed by atoms with Gasteiger partial charge in [0, 0.05) is 16.8 Å². The number of anilines is 1. The average Bonchev–Trinajstić information content (AvgIpc) is 2.91. The number of nitrogens with zero attached hydrogens (tertiary/aromatic N) is 2. The maximum Gasteiger partial charge on any atom is 0.274 e. The first-order valence-corrected chi connectivity index (χ1v) is 10.9. The highest BCUT2D eigenvalue weighted by Gasteiger charge is 2.49. The number of aliphatic imine (C=N–C) groups is 1. The molecule has 24 heavy (non-hydrogen) atoms. The third-order valence-electron chi connectivity index (χ3n) is 3.72. The summed E-state index contributed by atoms with van der Waals surface area (Å²) in [6.45, 7) is -0.125. The third kappa shape index (κ3) is 3.65. The number of benzene rings is 1. The summed E-state index contributed by atoms with van der Waals surface area (Å²) in [6, 6.07) is 5.05. The number of hydrogen-bond donors (Lipinski definition) is 0. The molecule has 0 unspecified atom stereocenters. The molecule has 1 aromatic rings. The van der Waals surface area contributed by atoms with Gasteiger partial charge in [-0.3, -0.25) is 4.79 Å². The van der Waals surface area contributed by atoms with Crippen molar-refractivity contribution in [3.8, 4) is 0 Å². The SMILES string of the molecule is COCC(=O)N=C1S[C@@H]2CS(=O)(=O)C[C@@H]2N1c1ccc(Br)cc1Cl. The summed E-state index contributed by atoms with van der Waals surface area (Å²) in [6.07, 6.45) is 0. The van der Waals surface area contributed by atoms with E-state index < -0.39 is 15.7 Å². The first-order valence-electron chi connectivity index (χ1n) is 7.02. The third-order valence-corrected chi connectivity index (χ3v) is 7.73. The second-order valence-corrected chi connectivity index (χ2v) is 10.2. The average molecular weight is 454 g/mol. The van der Waals surface area contributed by atoms with Crippen molar-refractivity contribution >= 4 is 65.9 Å². The van der Waals surface area contributed by atoms with Crippen molar-refractivity contribution < 1.29 is 17.9 Å². The van der Waals surface area contributed by atoms with Gasteiger partial charge in [-0.25, -0.2) is 8.42 Å². The Labute approximate surface area is 157 Å². The van der Waals surface area contributed by atoms with Crippen LogP contribution in [0, 0.1) is 0 Å². The molecule has 0 radical (unpaired) electrons. The van der Waals surface area contributed by atoms with Crippen LogP contribution in [0.3, 0.4) is 0 Å². The van der Waals surface area contributed by atoms with Gasteiger partial charge in [0.05, 0.1) is 28.3 Å². The van der Waals surface area contributed by atoms with E-state index in [4.69, 9.17) is 16.3 Å². The largest absolute Gasteiger partial charge is 0.375 e. The second-order valence-electron chi connectivity index (χ2n) is 5.49. The fraction of sp³-hybridized carbons (Fsp3) is 0.429. The van der Waals surface area contributed by atoms with Crippen molar-refractivity contribution in [3.05, 3.63) is 27.7 Å². The maximum absolute atomic E-state index is 12.0. The van der Waals surface area contributed by atoms with Crippen molar-refractivity contribution in [1.29, 1.82) is 0 Å². The minimum absolute atomic E-state index is 0.0224. The smallest absolute Gasteiger partial charge is 0.274 e. The lowest BCUT2D eigenvalue weighted by Gasteiger charge is -2.25. The summed E-state index contributed by atoms with van der Waals surface area (Å²) < 4.78 is 29.6. The highest BCUT2D eigenvalue weighted by atomic mass is 79.9. The quantitative estimate of drug-likeness (QED) is 0.699. The number of fused-ring (bicyclic) bond motifs is 1. The molecule has 6 nitrogen and oxygen atoms in total. The fourth-order valence-electron chi connectivity index (χ4n) is 2.79. The minimum Gasteiger partial charge on any atom is -0.375 e. The molecule has 0 bridgehead atoms. The molecule has 2 aliphatic heterocycles. The predicted octanol–water partition coefficient (Wildman–Crippen LogP) is 2.35. The van der Waals surface area contributed by atoms with E-state index >= 15 is 0 Å². The van der Waals surface area contributed by atoms with E-state index in [0.29, 0.717) is 15.9 Å². The molecule has 0 spiro atoms. The van der Waals surface area contributed by atoms with Gasteiger partial charge in [-0.15, -0.1) is 0 Å². The van der Waals surface area contributed by atoms with Crippen molar-refractivity contribution in [2.75, 3.05) is 30.1 Å². The van der Waals surface area contributed by atoms with Crippen LogP contribution in [0.25, 0.3) is 0 Å². The van der Waals surface area contributed by atoms with Crippen LogP contribution in [0.1, 0.15) is 0 Å². The first kappa shape index (κ1) is 18.2. The molecule has 2 heterocycles. The molecule has 2 saturated heterocycles. The predicted molar refractivity (Wildman–Crippen MR) is 99.8 cm³/mol. The molecule has 1 amide bonds. The van der Waals surface area contributed by atoms with Gasteiger partial charge in [-0.2, -0.15) is 4.99 Å². The van der Waals surface area contributed by atoms with Crippen LogP contribution in [0.5, 0.6) is 0 Å². The van der Waals surface area contributed by atoms with Crippen LogP contribution in [-0.2, 0) is 19.4 Å². The van der Waals surface area contributed by atoms with Crippen molar-refractivity contribution in [1.82, 2.24) is 0 Å². The van der Waals surface area contributed by atoms with Gasteiger partial charge in [0.15, 0.2) is 15.0 Å². The molecule has 0 saturated carbocycles. The van der Waals surface area contributed by atoms with Crippen LogP contribution < -0.4 is 4.90 Å². The summed E-state index contributed by atoms with van der Waals surface area (Å²) in [4.78, 5) is 17.7. The molecule has 3 rings (SSSR count). The van der Waals surface area contributed by atoms with E-state index in [1.807, 2.05) is 6.07 Å². The van der Waals surface area contributed by atoms with Gasteiger partial charge in [0.25, 0.3) is 5.91 Å². The molecule has 2 atom stereocenters. The number of carbonyl (C=O) groups is 1.